The highest BCUT2D eigenvalue weighted by Crippen LogP contribution is 2.24. The molecule has 0 aliphatic carbocycles. The minimum Gasteiger partial charge on any atom is -0.314 e. The molecule has 0 bridgehead atoms. The molecular formula is C12H25N. The summed E-state index contributed by atoms with van der Waals surface area (Å²) in [5.41, 5.74) is 0. The van der Waals surface area contributed by atoms with Gasteiger partial charge in [0.1, 0.15) is 0 Å². The predicted molar refractivity (Wildman–Crippen MR) is 58.9 cm³/mol. The number of hydrogen-bond donors (Lipinski definition) is 1. The van der Waals surface area contributed by atoms with Crippen molar-refractivity contribution >= 4 is 0 Å². The summed E-state index contributed by atoms with van der Waals surface area (Å²) in [5, 5.41) is 3.67. The zero-order valence-corrected chi connectivity index (χ0v) is 9.47. The van der Waals surface area contributed by atoms with Crippen LogP contribution in [-0.2, 0) is 0 Å². The second-order valence-corrected chi connectivity index (χ2v) is 4.60. The monoisotopic (exact) mass is 183 g/mol. The van der Waals surface area contributed by atoms with Gasteiger partial charge in [0.2, 0.25) is 0 Å². The second kappa shape index (κ2) is 5.64. The molecule has 1 aliphatic rings. The Morgan fingerprint density at radius 2 is 2.00 bits per heavy atom. The largest absolute Gasteiger partial charge is 0.314 e. The van der Waals surface area contributed by atoms with E-state index in [9.17, 15) is 0 Å². The van der Waals surface area contributed by atoms with E-state index in [0.29, 0.717) is 0 Å². The highest BCUT2D eigenvalue weighted by molar-refractivity contribution is 4.80. The summed E-state index contributed by atoms with van der Waals surface area (Å²) in [5.74, 6) is 1.84. The Hall–Kier alpha value is -0.0400. The summed E-state index contributed by atoms with van der Waals surface area (Å²) >= 11 is 0. The quantitative estimate of drug-likeness (QED) is 0.706. The van der Waals surface area contributed by atoms with Gasteiger partial charge in [-0.05, 0) is 37.6 Å². The fourth-order valence-electron chi connectivity index (χ4n) is 2.41. The van der Waals surface area contributed by atoms with Gasteiger partial charge in [-0.25, -0.2) is 0 Å². The summed E-state index contributed by atoms with van der Waals surface area (Å²) in [6, 6.07) is 0.804. The average Bonchev–Trinajstić information content (AvgIpc) is 2.17. The van der Waals surface area contributed by atoms with E-state index < -0.39 is 0 Å². The van der Waals surface area contributed by atoms with Gasteiger partial charge < -0.3 is 5.32 Å². The zero-order chi connectivity index (χ0) is 9.68. The smallest absolute Gasteiger partial charge is 0.00953 e. The molecule has 1 aliphatic heterocycles. The third kappa shape index (κ3) is 3.30. The van der Waals surface area contributed by atoms with Crippen LogP contribution >= 0.6 is 0 Å². The van der Waals surface area contributed by atoms with Crippen molar-refractivity contribution in [2.24, 2.45) is 11.8 Å². The van der Waals surface area contributed by atoms with Crippen molar-refractivity contribution < 1.29 is 0 Å². The summed E-state index contributed by atoms with van der Waals surface area (Å²) in [6.07, 6.45) is 6.90. The van der Waals surface area contributed by atoms with Gasteiger partial charge in [0.25, 0.3) is 0 Å². The lowest BCUT2D eigenvalue weighted by atomic mass is 9.84. The Balaban J connectivity index is 2.32. The maximum absolute atomic E-state index is 3.67. The molecule has 1 nitrogen and oxygen atoms in total. The van der Waals surface area contributed by atoms with E-state index in [0.717, 1.165) is 17.9 Å². The number of piperidine rings is 1. The van der Waals surface area contributed by atoms with E-state index in [4.69, 9.17) is 0 Å². The highest BCUT2D eigenvalue weighted by atomic mass is 14.9. The van der Waals surface area contributed by atoms with Gasteiger partial charge in [-0.15, -0.1) is 0 Å². The Kier molecular flexibility index (Phi) is 4.79. The maximum atomic E-state index is 3.67. The molecule has 2 atom stereocenters. The van der Waals surface area contributed by atoms with Crippen molar-refractivity contribution in [2.75, 3.05) is 6.54 Å². The molecule has 0 saturated carbocycles. The molecule has 1 heterocycles. The first-order chi connectivity index (χ1) is 6.27. The molecule has 1 saturated heterocycles. The molecule has 13 heavy (non-hydrogen) atoms. The lowest BCUT2D eigenvalue weighted by Gasteiger charge is -2.32. The van der Waals surface area contributed by atoms with Gasteiger partial charge in [-0.2, -0.15) is 0 Å². The molecule has 2 unspecified atom stereocenters. The molecule has 1 rings (SSSR count). The Morgan fingerprint density at radius 3 is 2.54 bits per heavy atom. The van der Waals surface area contributed by atoms with E-state index in [1.165, 1.54) is 38.6 Å². The van der Waals surface area contributed by atoms with Crippen molar-refractivity contribution in [1.82, 2.24) is 5.32 Å². The molecule has 1 N–H and O–H groups in total. The van der Waals surface area contributed by atoms with E-state index in [1.54, 1.807) is 0 Å². The lowest BCUT2D eigenvalue weighted by molar-refractivity contribution is 0.247. The topological polar surface area (TPSA) is 12.0 Å². The van der Waals surface area contributed by atoms with Crippen LogP contribution in [-0.4, -0.2) is 12.6 Å². The van der Waals surface area contributed by atoms with Crippen LogP contribution in [0.15, 0.2) is 0 Å². The van der Waals surface area contributed by atoms with E-state index in [1.807, 2.05) is 0 Å². The van der Waals surface area contributed by atoms with Crippen LogP contribution in [0.1, 0.15) is 52.9 Å². The van der Waals surface area contributed by atoms with Crippen LogP contribution < -0.4 is 5.32 Å². The van der Waals surface area contributed by atoms with Gasteiger partial charge in [0.15, 0.2) is 0 Å². The molecule has 0 spiro atoms. The third-order valence-corrected chi connectivity index (χ3v) is 3.67. The SMILES string of the molecule is CCC(CC)CC1NCCCC1C. The minimum absolute atomic E-state index is 0.804. The molecular weight excluding hydrogens is 158 g/mol. The molecule has 0 radical (unpaired) electrons. The van der Waals surface area contributed by atoms with Gasteiger partial charge in [0.05, 0.1) is 0 Å². The van der Waals surface area contributed by atoms with Crippen molar-refractivity contribution in [3.05, 3.63) is 0 Å². The van der Waals surface area contributed by atoms with E-state index in [-0.39, 0.29) is 0 Å². The third-order valence-electron chi connectivity index (χ3n) is 3.67. The zero-order valence-electron chi connectivity index (χ0n) is 9.47. The average molecular weight is 183 g/mol. The fraction of sp³-hybridized carbons (Fsp3) is 1.00. The highest BCUT2D eigenvalue weighted by Gasteiger charge is 2.22. The van der Waals surface area contributed by atoms with Crippen LogP contribution in [0.5, 0.6) is 0 Å². The van der Waals surface area contributed by atoms with Gasteiger partial charge in [-0.3, -0.25) is 0 Å². The van der Waals surface area contributed by atoms with Crippen molar-refractivity contribution in [3.63, 3.8) is 0 Å². The van der Waals surface area contributed by atoms with E-state index >= 15 is 0 Å². The van der Waals surface area contributed by atoms with Crippen LogP contribution in [0.2, 0.25) is 0 Å². The summed E-state index contributed by atoms with van der Waals surface area (Å²) in [7, 11) is 0. The minimum atomic E-state index is 0.804. The first kappa shape index (κ1) is 11.0. The molecule has 0 aromatic heterocycles. The van der Waals surface area contributed by atoms with Crippen molar-refractivity contribution in [2.45, 2.75) is 58.9 Å². The predicted octanol–water partition coefficient (Wildman–Crippen LogP) is 3.20. The summed E-state index contributed by atoms with van der Waals surface area (Å²) in [6.45, 7) is 8.29. The van der Waals surface area contributed by atoms with Crippen molar-refractivity contribution in [1.29, 1.82) is 0 Å². The molecule has 0 aromatic rings. The fourth-order valence-corrected chi connectivity index (χ4v) is 2.41. The summed E-state index contributed by atoms with van der Waals surface area (Å²) in [4.78, 5) is 0. The molecule has 78 valence electrons. The lowest BCUT2D eigenvalue weighted by Crippen LogP contribution is -2.41. The molecule has 1 heteroatoms. The molecule has 0 aromatic carbocycles. The Labute approximate surface area is 83.3 Å². The van der Waals surface area contributed by atoms with Crippen LogP contribution in [0.25, 0.3) is 0 Å². The Morgan fingerprint density at radius 1 is 1.31 bits per heavy atom. The first-order valence-corrected chi connectivity index (χ1v) is 6.01. The second-order valence-electron chi connectivity index (χ2n) is 4.60. The van der Waals surface area contributed by atoms with Gasteiger partial charge in [-0.1, -0.05) is 33.6 Å². The summed E-state index contributed by atoms with van der Waals surface area (Å²) < 4.78 is 0. The van der Waals surface area contributed by atoms with Crippen LogP contribution in [0.3, 0.4) is 0 Å². The van der Waals surface area contributed by atoms with Crippen LogP contribution in [0, 0.1) is 11.8 Å². The van der Waals surface area contributed by atoms with Crippen molar-refractivity contribution in [3.8, 4) is 0 Å². The maximum Gasteiger partial charge on any atom is 0.00953 e. The van der Waals surface area contributed by atoms with Gasteiger partial charge >= 0.3 is 0 Å². The standard InChI is InChI=1S/C12H25N/c1-4-11(5-2)9-12-10(3)7-6-8-13-12/h10-13H,4-9H2,1-3H3. The van der Waals surface area contributed by atoms with Gasteiger partial charge in [0, 0.05) is 6.04 Å². The molecule has 1 fully saturated rings. The first-order valence-electron chi connectivity index (χ1n) is 6.01. The molecule has 0 amide bonds. The van der Waals surface area contributed by atoms with E-state index in [2.05, 4.69) is 26.1 Å². The number of rotatable bonds is 4. The van der Waals surface area contributed by atoms with Crippen LogP contribution in [0.4, 0.5) is 0 Å². The number of hydrogen-bond acceptors (Lipinski definition) is 1. The Bertz CT molecular complexity index is 129. The normalized spacial score (nSPS) is 29.5. The number of nitrogens with one attached hydrogen (secondary N) is 1.